The predicted molar refractivity (Wildman–Crippen MR) is 92.5 cm³/mol. The minimum Gasteiger partial charge on any atom is -0.367 e. The highest BCUT2D eigenvalue weighted by Crippen LogP contribution is 2.30. The van der Waals surface area contributed by atoms with Crippen molar-refractivity contribution in [3.05, 3.63) is 54.9 Å². The number of benzene rings is 2. The summed E-state index contributed by atoms with van der Waals surface area (Å²) in [5, 5.41) is 3.40. The summed E-state index contributed by atoms with van der Waals surface area (Å²) in [4.78, 5) is 8.31. The number of para-hydroxylation sites is 1. The van der Waals surface area contributed by atoms with Crippen molar-refractivity contribution in [1.82, 2.24) is 14.3 Å². The molecule has 0 amide bonds. The fourth-order valence-corrected chi connectivity index (χ4v) is 3.68. The molecule has 112 valence electrons. The van der Waals surface area contributed by atoms with Crippen LogP contribution in [0.5, 0.6) is 0 Å². The van der Waals surface area contributed by atoms with Crippen LogP contribution in [0.2, 0.25) is 0 Å². The van der Waals surface area contributed by atoms with Crippen molar-refractivity contribution in [3.8, 4) is 0 Å². The second-order valence-corrected chi connectivity index (χ2v) is 6.40. The van der Waals surface area contributed by atoms with Crippen LogP contribution in [0.15, 0.2) is 59.8 Å². The Balaban J connectivity index is 1.70. The van der Waals surface area contributed by atoms with E-state index in [1.807, 2.05) is 12.4 Å². The van der Waals surface area contributed by atoms with Crippen LogP contribution in [-0.4, -0.2) is 35.1 Å². The zero-order valence-corrected chi connectivity index (χ0v) is 13.1. The molecule has 0 saturated carbocycles. The summed E-state index contributed by atoms with van der Waals surface area (Å²) in [5.74, 6) is 0. The van der Waals surface area contributed by atoms with Crippen molar-refractivity contribution in [2.75, 3.05) is 31.1 Å². The molecule has 0 aliphatic carbocycles. The van der Waals surface area contributed by atoms with Gasteiger partial charge in [0.05, 0.1) is 11.2 Å². The molecule has 0 atom stereocenters. The second kappa shape index (κ2) is 6.02. The molecule has 1 aliphatic heterocycles. The third-order valence-electron chi connectivity index (χ3n) is 3.93. The maximum atomic E-state index is 4.67. The van der Waals surface area contributed by atoms with Gasteiger partial charge in [-0.1, -0.05) is 24.3 Å². The van der Waals surface area contributed by atoms with E-state index in [2.05, 4.69) is 61.6 Å². The highest BCUT2D eigenvalue weighted by atomic mass is 32.2. The normalized spacial score (nSPS) is 15.4. The van der Waals surface area contributed by atoms with Crippen molar-refractivity contribution in [1.29, 1.82) is 0 Å². The van der Waals surface area contributed by atoms with Gasteiger partial charge in [0.1, 0.15) is 11.8 Å². The standard InChI is InChI=1S/C17H18N4S/c1-2-5-14(6-3-1)22-21-13-19-17-15(7-4-8-16(17)21)20-11-9-18-10-12-20/h1-8,13,18H,9-12H2. The number of nitrogens with one attached hydrogen (secondary N) is 1. The number of anilines is 1. The summed E-state index contributed by atoms with van der Waals surface area (Å²) in [6.45, 7) is 4.15. The van der Waals surface area contributed by atoms with Crippen molar-refractivity contribution >= 4 is 28.7 Å². The van der Waals surface area contributed by atoms with Gasteiger partial charge in [-0.15, -0.1) is 0 Å². The summed E-state index contributed by atoms with van der Waals surface area (Å²) >= 11 is 1.70. The number of hydrogen-bond acceptors (Lipinski definition) is 4. The Morgan fingerprint density at radius 3 is 2.59 bits per heavy atom. The number of imidazole rings is 1. The van der Waals surface area contributed by atoms with E-state index in [-0.39, 0.29) is 0 Å². The first-order chi connectivity index (χ1) is 10.9. The lowest BCUT2D eigenvalue weighted by atomic mass is 10.2. The van der Waals surface area contributed by atoms with Gasteiger partial charge in [-0.25, -0.2) is 4.98 Å². The topological polar surface area (TPSA) is 33.1 Å². The van der Waals surface area contributed by atoms with Gasteiger partial charge in [-0.2, -0.15) is 0 Å². The second-order valence-electron chi connectivity index (χ2n) is 5.36. The van der Waals surface area contributed by atoms with Crippen molar-refractivity contribution in [2.24, 2.45) is 0 Å². The maximum absolute atomic E-state index is 4.67. The van der Waals surface area contributed by atoms with Crippen LogP contribution >= 0.6 is 11.9 Å². The Morgan fingerprint density at radius 2 is 1.77 bits per heavy atom. The van der Waals surface area contributed by atoms with Crippen molar-refractivity contribution < 1.29 is 0 Å². The summed E-state index contributed by atoms with van der Waals surface area (Å²) < 4.78 is 2.15. The zero-order valence-electron chi connectivity index (χ0n) is 12.3. The van der Waals surface area contributed by atoms with Crippen LogP contribution in [-0.2, 0) is 0 Å². The maximum Gasteiger partial charge on any atom is 0.113 e. The van der Waals surface area contributed by atoms with Crippen LogP contribution in [0.3, 0.4) is 0 Å². The number of aromatic nitrogens is 2. The summed E-state index contributed by atoms with van der Waals surface area (Å²) in [6.07, 6.45) is 1.92. The first-order valence-corrected chi connectivity index (χ1v) is 8.34. The van der Waals surface area contributed by atoms with Gasteiger partial charge in [-0.05, 0) is 36.2 Å². The number of nitrogens with zero attached hydrogens (tertiary/aromatic N) is 3. The van der Waals surface area contributed by atoms with E-state index >= 15 is 0 Å². The minimum atomic E-state index is 1.04. The van der Waals surface area contributed by atoms with Crippen LogP contribution in [0, 0.1) is 0 Å². The van der Waals surface area contributed by atoms with Crippen molar-refractivity contribution in [2.45, 2.75) is 4.90 Å². The lowest BCUT2D eigenvalue weighted by Gasteiger charge is -2.29. The van der Waals surface area contributed by atoms with E-state index in [9.17, 15) is 0 Å². The molecule has 0 spiro atoms. The molecule has 1 fully saturated rings. The first kappa shape index (κ1) is 13.7. The summed E-state index contributed by atoms with van der Waals surface area (Å²) in [6, 6.07) is 16.9. The molecule has 0 bridgehead atoms. The average molecular weight is 310 g/mol. The quantitative estimate of drug-likeness (QED) is 0.806. The summed E-state index contributed by atoms with van der Waals surface area (Å²) in [7, 11) is 0. The molecule has 1 saturated heterocycles. The molecule has 2 heterocycles. The molecule has 0 unspecified atom stereocenters. The van der Waals surface area contributed by atoms with E-state index in [4.69, 9.17) is 0 Å². The molecule has 1 aromatic heterocycles. The molecule has 4 rings (SSSR count). The number of piperazine rings is 1. The average Bonchev–Trinajstić information content (AvgIpc) is 3.00. The molecule has 3 aromatic rings. The SMILES string of the molecule is c1ccc(Sn2cnc3c(N4CCNCC4)cccc32)cc1. The Kier molecular flexibility index (Phi) is 3.74. The van der Waals surface area contributed by atoms with E-state index < -0.39 is 0 Å². The van der Waals surface area contributed by atoms with Gasteiger partial charge < -0.3 is 10.2 Å². The van der Waals surface area contributed by atoms with Gasteiger partial charge in [0.2, 0.25) is 0 Å². The van der Waals surface area contributed by atoms with Gasteiger partial charge in [0, 0.05) is 31.1 Å². The van der Waals surface area contributed by atoms with Crippen LogP contribution in [0.4, 0.5) is 5.69 Å². The van der Waals surface area contributed by atoms with Gasteiger partial charge >= 0.3 is 0 Å². The van der Waals surface area contributed by atoms with Crippen molar-refractivity contribution in [3.63, 3.8) is 0 Å². The van der Waals surface area contributed by atoms with Gasteiger partial charge in [0.15, 0.2) is 0 Å². The number of fused-ring (bicyclic) bond motifs is 1. The molecule has 1 N–H and O–H groups in total. The Morgan fingerprint density at radius 1 is 0.955 bits per heavy atom. The molecule has 2 aromatic carbocycles. The molecule has 0 radical (unpaired) electrons. The van der Waals surface area contributed by atoms with Gasteiger partial charge in [0.25, 0.3) is 0 Å². The molecule has 4 nitrogen and oxygen atoms in total. The van der Waals surface area contributed by atoms with Crippen LogP contribution < -0.4 is 10.2 Å². The largest absolute Gasteiger partial charge is 0.367 e. The Labute approximate surface area is 134 Å². The molecule has 22 heavy (non-hydrogen) atoms. The Bertz CT molecular complexity index is 763. The lowest BCUT2D eigenvalue weighted by Crippen LogP contribution is -2.43. The molecule has 1 aliphatic rings. The highest BCUT2D eigenvalue weighted by molar-refractivity contribution is 7.98. The fraction of sp³-hybridized carbons (Fsp3) is 0.235. The third-order valence-corrected chi connectivity index (χ3v) is 4.90. The fourth-order valence-electron chi connectivity index (χ4n) is 2.83. The highest BCUT2D eigenvalue weighted by Gasteiger charge is 2.15. The first-order valence-electron chi connectivity index (χ1n) is 7.57. The monoisotopic (exact) mass is 310 g/mol. The molecular weight excluding hydrogens is 292 g/mol. The summed E-state index contributed by atoms with van der Waals surface area (Å²) in [5.41, 5.74) is 3.50. The predicted octanol–water partition coefficient (Wildman–Crippen LogP) is 3.00. The third kappa shape index (κ3) is 2.58. The van der Waals surface area contributed by atoms with Crippen LogP contribution in [0.25, 0.3) is 11.0 Å². The lowest BCUT2D eigenvalue weighted by molar-refractivity contribution is 0.590. The number of rotatable bonds is 3. The smallest absolute Gasteiger partial charge is 0.113 e. The van der Waals surface area contributed by atoms with E-state index in [0.29, 0.717) is 0 Å². The number of hydrogen-bond donors (Lipinski definition) is 1. The Hall–Kier alpha value is -1.98. The van der Waals surface area contributed by atoms with E-state index in [1.165, 1.54) is 16.1 Å². The van der Waals surface area contributed by atoms with E-state index in [1.54, 1.807) is 11.9 Å². The van der Waals surface area contributed by atoms with E-state index in [0.717, 1.165) is 31.7 Å². The van der Waals surface area contributed by atoms with Gasteiger partial charge in [-0.3, -0.25) is 3.97 Å². The minimum absolute atomic E-state index is 1.04. The molecule has 5 heteroatoms. The zero-order chi connectivity index (χ0) is 14.8. The molecular formula is C17H18N4S. The van der Waals surface area contributed by atoms with Crippen LogP contribution in [0.1, 0.15) is 0 Å².